The van der Waals surface area contributed by atoms with Gasteiger partial charge in [0.05, 0.1) is 12.9 Å². The van der Waals surface area contributed by atoms with E-state index in [-0.39, 0.29) is 11.9 Å². The van der Waals surface area contributed by atoms with Gasteiger partial charge in [0.25, 0.3) is 0 Å². The van der Waals surface area contributed by atoms with Gasteiger partial charge in [0, 0.05) is 31.4 Å². The number of allylic oxidation sites excluding steroid dienone is 1. The number of ether oxygens (including phenoxy) is 1. The lowest BCUT2D eigenvalue weighted by atomic mass is 10.0. The van der Waals surface area contributed by atoms with Crippen LogP contribution in [0.2, 0.25) is 0 Å². The van der Waals surface area contributed by atoms with Gasteiger partial charge in [0.1, 0.15) is 12.1 Å². The Hall–Kier alpha value is -2.32. The predicted octanol–water partition coefficient (Wildman–Crippen LogP) is 2.91. The Bertz CT molecular complexity index is 822. The molecule has 2 aromatic rings. The molecule has 29 heavy (non-hydrogen) atoms. The Morgan fingerprint density at radius 3 is 2.66 bits per heavy atom. The Morgan fingerprint density at radius 2 is 2.00 bits per heavy atom. The maximum Gasteiger partial charge on any atom is 0.230 e. The molecule has 1 aromatic carbocycles. The molecule has 1 aliphatic rings. The van der Waals surface area contributed by atoms with Crippen molar-refractivity contribution in [3.05, 3.63) is 42.2 Å². The molecule has 1 N–H and O–H groups in total. The summed E-state index contributed by atoms with van der Waals surface area (Å²) in [4.78, 5) is 14.8. The van der Waals surface area contributed by atoms with Crippen LogP contribution in [0, 0.1) is 0 Å². The number of rotatable bonds is 8. The summed E-state index contributed by atoms with van der Waals surface area (Å²) < 4.78 is 7.07. The number of amides is 1. The second kappa shape index (κ2) is 10.5. The fourth-order valence-corrected chi connectivity index (χ4v) is 3.95. The first-order valence-electron chi connectivity index (χ1n) is 9.87. The summed E-state index contributed by atoms with van der Waals surface area (Å²) in [5, 5.41) is 12.0. The Balaban J connectivity index is 1.46. The van der Waals surface area contributed by atoms with Crippen molar-refractivity contribution in [3.8, 4) is 11.4 Å². The van der Waals surface area contributed by atoms with Crippen LogP contribution in [-0.4, -0.2) is 64.1 Å². The summed E-state index contributed by atoms with van der Waals surface area (Å²) in [6.45, 7) is 7.29. The lowest BCUT2D eigenvalue weighted by molar-refractivity contribution is -0.119. The summed E-state index contributed by atoms with van der Waals surface area (Å²) >= 11 is 1.39. The Kier molecular flexibility index (Phi) is 7.71. The van der Waals surface area contributed by atoms with E-state index in [1.165, 1.54) is 17.3 Å². The molecule has 156 valence electrons. The molecule has 0 spiro atoms. The number of carbonyl (C=O) groups excluding carboxylic acids is 1. The molecule has 1 aromatic heterocycles. The van der Waals surface area contributed by atoms with E-state index >= 15 is 0 Å². The van der Waals surface area contributed by atoms with Crippen LogP contribution in [-0.2, 0) is 4.79 Å². The van der Waals surface area contributed by atoms with Gasteiger partial charge in [0.15, 0.2) is 5.16 Å². The van der Waals surface area contributed by atoms with Crippen molar-refractivity contribution < 1.29 is 9.53 Å². The molecule has 3 rings (SSSR count). The van der Waals surface area contributed by atoms with Gasteiger partial charge in [-0.1, -0.05) is 23.4 Å². The normalized spacial score (nSPS) is 15.1. The molecule has 0 saturated carbocycles. The van der Waals surface area contributed by atoms with E-state index in [1.807, 2.05) is 28.8 Å². The predicted molar refractivity (Wildman–Crippen MR) is 116 cm³/mol. The van der Waals surface area contributed by atoms with Crippen LogP contribution in [0.1, 0.15) is 26.7 Å². The first-order valence-corrected chi connectivity index (χ1v) is 10.9. The molecule has 1 saturated heterocycles. The smallest absolute Gasteiger partial charge is 0.230 e. The first-order chi connectivity index (χ1) is 14.0. The number of piperidine rings is 1. The minimum atomic E-state index is 0.0435. The fourth-order valence-electron chi connectivity index (χ4n) is 3.21. The number of carbonyl (C=O) groups is 1. The van der Waals surface area contributed by atoms with E-state index in [0.29, 0.717) is 10.9 Å². The van der Waals surface area contributed by atoms with E-state index in [9.17, 15) is 4.79 Å². The summed E-state index contributed by atoms with van der Waals surface area (Å²) in [6.07, 6.45) is 5.91. The van der Waals surface area contributed by atoms with Crippen molar-refractivity contribution in [3.63, 3.8) is 0 Å². The van der Waals surface area contributed by atoms with Crippen LogP contribution in [0.15, 0.2) is 47.4 Å². The molecular weight excluding hydrogens is 386 g/mol. The largest absolute Gasteiger partial charge is 0.497 e. The zero-order valence-electron chi connectivity index (χ0n) is 17.3. The molecule has 0 unspecified atom stereocenters. The fraction of sp³-hybridized carbons (Fsp3) is 0.476. The molecule has 1 aliphatic heterocycles. The number of thioether (sulfide) groups is 1. The van der Waals surface area contributed by atoms with Gasteiger partial charge in [-0.25, -0.2) is 0 Å². The SMILES string of the molecule is COc1ccc(-n2cnnc2SCC(=O)NC2CCN(CC=C(C)C)CC2)cc1. The van der Waals surface area contributed by atoms with Crippen LogP contribution in [0.4, 0.5) is 0 Å². The van der Waals surface area contributed by atoms with Crippen LogP contribution in [0.5, 0.6) is 5.75 Å². The molecule has 8 heteroatoms. The topological polar surface area (TPSA) is 72.3 Å². The van der Waals surface area contributed by atoms with Gasteiger partial charge in [-0.05, 0) is 51.0 Å². The summed E-state index contributed by atoms with van der Waals surface area (Å²) in [6, 6.07) is 7.91. The Morgan fingerprint density at radius 1 is 1.28 bits per heavy atom. The van der Waals surface area contributed by atoms with Gasteiger partial charge in [-0.2, -0.15) is 0 Å². The third-order valence-corrected chi connectivity index (χ3v) is 5.85. The number of nitrogens with zero attached hydrogens (tertiary/aromatic N) is 4. The minimum Gasteiger partial charge on any atom is -0.497 e. The maximum atomic E-state index is 12.4. The second-order valence-corrected chi connectivity index (χ2v) is 8.34. The van der Waals surface area contributed by atoms with Crippen molar-refractivity contribution >= 4 is 17.7 Å². The molecule has 0 aliphatic carbocycles. The highest BCUT2D eigenvalue weighted by Crippen LogP contribution is 2.21. The number of hydrogen-bond donors (Lipinski definition) is 1. The standard InChI is InChI=1S/C21H29N5O2S/c1-16(2)8-11-25-12-9-17(10-13-25)23-20(27)14-29-21-24-22-15-26(21)18-4-6-19(28-3)7-5-18/h4-8,15,17H,9-14H2,1-3H3,(H,23,27). The lowest BCUT2D eigenvalue weighted by Crippen LogP contribution is -2.45. The van der Waals surface area contributed by atoms with Crippen molar-refractivity contribution in [1.82, 2.24) is 25.0 Å². The van der Waals surface area contributed by atoms with Gasteiger partial charge in [-0.3, -0.25) is 14.3 Å². The minimum absolute atomic E-state index is 0.0435. The third kappa shape index (κ3) is 6.33. The van der Waals surface area contributed by atoms with E-state index in [1.54, 1.807) is 13.4 Å². The quantitative estimate of drug-likeness (QED) is 0.528. The molecule has 0 atom stereocenters. The molecule has 0 bridgehead atoms. The number of likely N-dealkylation sites (tertiary alicyclic amines) is 1. The number of nitrogens with one attached hydrogen (secondary N) is 1. The molecule has 1 fully saturated rings. The maximum absolute atomic E-state index is 12.4. The van der Waals surface area contributed by atoms with Crippen molar-refractivity contribution in [1.29, 1.82) is 0 Å². The van der Waals surface area contributed by atoms with E-state index < -0.39 is 0 Å². The average Bonchev–Trinajstić information content (AvgIpc) is 3.20. The molecule has 0 radical (unpaired) electrons. The highest BCUT2D eigenvalue weighted by Gasteiger charge is 2.20. The van der Waals surface area contributed by atoms with Gasteiger partial charge in [0.2, 0.25) is 5.91 Å². The highest BCUT2D eigenvalue weighted by atomic mass is 32.2. The summed E-state index contributed by atoms with van der Waals surface area (Å²) in [7, 11) is 1.64. The second-order valence-electron chi connectivity index (χ2n) is 7.39. The van der Waals surface area contributed by atoms with Gasteiger partial charge >= 0.3 is 0 Å². The van der Waals surface area contributed by atoms with Crippen molar-refractivity contribution in [2.75, 3.05) is 32.5 Å². The average molecular weight is 416 g/mol. The van der Waals surface area contributed by atoms with E-state index in [4.69, 9.17) is 4.74 Å². The van der Waals surface area contributed by atoms with Crippen LogP contribution in [0.25, 0.3) is 5.69 Å². The highest BCUT2D eigenvalue weighted by molar-refractivity contribution is 7.99. The third-order valence-electron chi connectivity index (χ3n) is 4.91. The van der Waals surface area contributed by atoms with Crippen LogP contribution < -0.4 is 10.1 Å². The number of benzene rings is 1. The Labute approximate surface area is 176 Å². The van der Waals surface area contributed by atoms with Crippen molar-refractivity contribution in [2.45, 2.75) is 37.9 Å². The van der Waals surface area contributed by atoms with Gasteiger partial charge in [-0.15, -0.1) is 10.2 Å². The first kappa shape index (κ1) is 21.4. The van der Waals surface area contributed by atoms with Crippen LogP contribution >= 0.6 is 11.8 Å². The molecule has 7 nitrogen and oxygen atoms in total. The number of aromatic nitrogens is 3. The number of hydrogen-bond acceptors (Lipinski definition) is 6. The molecular formula is C21H29N5O2S. The monoisotopic (exact) mass is 415 g/mol. The van der Waals surface area contributed by atoms with Crippen molar-refractivity contribution in [2.24, 2.45) is 0 Å². The molecule has 1 amide bonds. The molecule has 2 heterocycles. The summed E-state index contributed by atoms with van der Waals surface area (Å²) in [5.41, 5.74) is 2.28. The van der Waals surface area contributed by atoms with E-state index in [0.717, 1.165) is 43.9 Å². The number of methoxy groups -OCH3 is 1. The van der Waals surface area contributed by atoms with Crippen LogP contribution in [0.3, 0.4) is 0 Å². The zero-order chi connectivity index (χ0) is 20.6. The van der Waals surface area contributed by atoms with Gasteiger partial charge < -0.3 is 10.1 Å². The zero-order valence-corrected chi connectivity index (χ0v) is 18.1. The van der Waals surface area contributed by atoms with E-state index in [2.05, 4.69) is 40.3 Å². The summed E-state index contributed by atoms with van der Waals surface area (Å²) in [5.74, 6) is 1.16. The lowest BCUT2D eigenvalue weighted by Gasteiger charge is -2.31.